The number of nitrogens with zero attached hydrogens (tertiary/aromatic N) is 1. The van der Waals surface area contributed by atoms with E-state index in [-0.39, 0.29) is 23.9 Å². The number of carbonyl (C=O) groups is 2. The van der Waals surface area contributed by atoms with E-state index >= 15 is 0 Å². The molecule has 2 N–H and O–H groups in total. The highest BCUT2D eigenvalue weighted by molar-refractivity contribution is 6.05. The van der Waals surface area contributed by atoms with Gasteiger partial charge >= 0.3 is 0 Å². The maximum absolute atomic E-state index is 12.6. The van der Waals surface area contributed by atoms with Crippen molar-refractivity contribution in [1.82, 2.24) is 0 Å². The van der Waals surface area contributed by atoms with Crippen LogP contribution < -0.4 is 25.7 Å². The summed E-state index contributed by atoms with van der Waals surface area (Å²) in [5.41, 5.74) is 3.83. The number of aryl methyl sites for hydroxylation is 1. The van der Waals surface area contributed by atoms with Crippen molar-refractivity contribution in [3.05, 3.63) is 94.3 Å². The van der Waals surface area contributed by atoms with Crippen LogP contribution in [-0.2, 0) is 4.79 Å². The van der Waals surface area contributed by atoms with Gasteiger partial charge < -0.3 is 24.7 Å². The predicted octanol–water partition coefficient (Wildman–Crippen LogP) is 4.44. The first-order valence-corrected chi connectivity index (χ1v) is 10.9. The first-order chi connectivity index (χ1) is 16.8. The molecule has 0 fully saturated rings. The number of ether oxygens (including phenoxy) is 1. The third-order valence-electron chi connectivity index (χ3n) is 5.41. The van der Waals surface area contributed by atoms with Crippen LogP contribution >= 0.6 is 0 Å². The molecule has 0 aliphatic heterocycles. The lowest BCUT2D eigenvalue weighted by Gasteiger charge is -2.14. The van der Waals surface area contributed by atoms with Crippen LogP contribution in [0.1, 0.15) is 15.9 Å². The molecule has 178 valence electrons. The van der Waals surface area contributed by atoms with Crippen LogP contribution in [0.15, 0.2) is 82.2 Å². The summed E-state index contributed by atoms with van der Waals surface area (Å²) in [6.07, 6.45) is 1.32. The monoisotopic (exact) mass is 471 g/mol. The fourth-order valence-corrected chi connectivity index (χ4v) is 3.49. The minimum atomic E-state index is -0.350. The highest BCUT2D eigenvalue weighted by atomic mass is 16.5. The fourth-order valence-electron chi connectivity index (χ4n) is 3.49. The van der Waals surface area contributed by atoms with Gasteiger partial charge in [0.15, 0.2) is 12.0 Å². The lowest BCUT2D eigenvalue weighted by Crippen LogP contribution is -2.20. The van der Waals surface area contributed by atoms with E-state index in [1.54, 1.807) is 48.5 Å². The van der Waals surface area contributed by atoms with Crippen molar-refractivity contribution in [3.8, 4) is 5.75 Å². The quantitative estimate of drug-likeness (QED) is 0.413. The van der Waals surface area contributed by atoms with Gasteiger partial charge in [-0.15, -0.1) is 0 Å². The van der Waals surface area contributed by atoms with Gasteiger partial charge in [-0.1, -0.05) is 0 Å². The Balaban J connectivity index is 1.34. The number of amides is 2. The number of rotatable bonds is 7. The van der Waals surface area contributed by atoms with Gasteiger partial charge in [-0.05, 0) is 67.1 Å². The SMILES string of the molecule is Cc1cc(NC(=O)COc2ccc3c(=O)ccoc3c2)ccc1NC(=O)c1ccc(N(C)C)cc1. The Labute approximate surface area is 202 Å². The summed E-state index contributed by atoms with van der Waals surface area (Å²) in [4.78, 5) is 38.7. The minimum Gasteiger partial charge on any atom is -0.484 e. The van der Waals surface area contributed by atoms with Crippen LogP contribution in [-0.4, -0.2) is 32.5 Å². The molecule has 1 aromatic heterocycles. The lowest BCUT2D eigenvalue weighted by atomic mass is 10.1. The van der Waals surface area contributed by atoms with Crippen molar-refractivity contribution in [2.45, 2.75) is 6.92 Å². The van der Waals surface area contributed by atoms with Crippen LogP contribution in [0.2, 0.25) is 0 Å². The zero-order chi connectivity index (χ0) is 24.9. The van der Waals surface area contributed by atoms with Crippen molar-refractivity contribution in [2.24, 2.45) is 0 Å². The van der Waals surface area contributed by atoms with Crippen molar-refractivity contribution >= 4 is 39.8 Å². The molecule has 0 radical (unpaired) electrons. The average Bonchev–Trinajstić information content (AvgIpc) is 2.84. The molecule has 0 saturated heterocycles. The highest BCUT2D eigenvalue weighted by Gasteiger charge is 2.11. The molecule has 0 atom stereocenters. The number of hydrogen-bond acceptors (Lipinski definition) is 6. The molecule has 1 heterocycles. The van der Waals surface area contributed by atoms with E-state index in [0.717, 1.165) is 11.3 Å². The number of hydrogen-bond donors (Lipinski definition) is 2. The van der Waals surface area contributed by atoms with Crippen molar-refractivity contribution < 1.29 is 18.7 Å². The van der Waals surface area contributed by atoms with Gasteiger partial charge in [0.1, 0.15) is 11.3 Å². The first-order valence-electron chi connectivity index (χ1n) is 10.9. The largest absolute Gasteiger partial charge is 0.484 e. The lowest BCUT2D eigenvalue weighted by molar-refractivity contribution is -0.118. The van der Waals surface area contributed by atoms with Gasteiger partial charge in [0.05, 0.1) is 11.6 Å². The Morgan fingerprint density at radius 2 is 1.71 bits per heavy atom. The van der Waals surface area contributed by atoms with E-state index in [0.29, 0.717) is 33.7 Å². The van der Waals surface area contributed by atoms with Crippen LogP contribution in [0.4, 0.5) is 17.1 Å². The van der Waals surface area contributed by atoms with Gasteiger partial charge in [-0.2, -0.15) is 0 Å². The Hall–Kier alpha value is -4.59. The summed E-state index contributed by atoms with van der Waals surface area (Å²) < 4.78 is 10.9. The van der Waals surface area contributed by atoms with E-state index in [1.165, 1.54) is 12.3 Å². The van der Waals surface area contributed by atoms with E-state index in [2.05, 4.69) is 10.6 Å². The zero-order valence-electron chi connectivity index (χ0n) is 19.6. The number of carbonyl (C=O) groups excluding carboxylic acids is 2. The molecule has 0 bridgehead atoms. The van der Waals surface area contributed by atoms with Gasteiger partial charge in [0.2, 0.25) is 0 Å². The highest BCUT2D eigenvalue weighted by Crippen LogP contribution is 2.22. The maximum atomic E-state index is 12.6. The van der Waals surface area contributed by atoms with E-state index in [4.69, 9.17) is 9.15 Å². The minimum absolute atomic E-state index is 0.146. The van der Waals surface area contributed by atoms with Crippen LogP contribution in [0.3, 0.4) is 0 Å². The fraction of sp³-hybridized carbons (Fsp3) is 0.148. The Kier molecular flexibility index (Phi) is 6.82. The molecule has 4 rings (SSSR count). The van der Waals surface area contributed by atoms with Gasteiger partial charge in [0.25, 0.3) is 11.8 Å². The third kappa shape index (κ3) is 5.67. The number of nitrogens with one attached hydrogen (secondary N) is 2. The summed E-state index contributed by atoms with van der Waals surface area (Å²) in [6, 6.07) is 18.7. The van der Waals surface area contributed by atoms with E-state index in [1.807, 2.05) is 38.1 Å². The second-order valence-corrected chi connectivity index (χ2v) is 8.20. The Morgan fingerprint density at radius 3 is 2.43 bits per heavy atom. The molecule has 4 aromatic rings. The summed E-state index contributed by atoms with van der Waals surface area (Å²) in [5, 5.41) is 6.12. The van der Waals surface area contributed by atoms with Gasteiger partial charge in [-0.25, -0.2) is 0 Å². The summed E-state index contributed by atoms with van der Waals surface area (Å²) >= 11 is 0. The number of benzene rings is 3. The normalized spacial score (nSPS) is 10.6. The molecule has 8 heteroatoms. The van der Waals surface area contributed by atoms with Crippen molar-refractivity contribution in [3.63, 3.8) is 0 Å². The molecule has 35 heavy (non-hydrogen) atoms. The molecular formula is C27H25N3O5. The second kappa shape index (κ2) is 10.1. The molecule has 0 unspecified atom stereocenters. The molecule has 0 aliphatic rings. The van der Waals surface area contributed by atoms with Crippen molar-refractivity contribution in [1.29, 1.82) is 0 Å². The van der Waals surface area contributed by atoms with Crippen LogP contribution in [0.25, 0.3) is 11.0 Å². The van der Waals surface area contributed by atoms with Gasteiger partial charge in [0, 0.05) is 48.9 Å². The first kappa shape index (κ1) is 23.6. The molecule has 0 spiro atoms. The number of anilines is 3. The Morgan fingerprint density at radius 1 is 0.943 bits per heavy atom. The van der Waals surface area contributed by atoms with Crippen molar-refractivity contribution in [2.75, 3.05) is 36.2 Å². The van der Waals surface area contributed by atoms with E-state index in [9.17, 15) is 14.4 Å². The summed E-state index contributed by atoms with van der Waals surface area (Å²) in [7, 11) is 3.88. The van der Waals surface area contributed by atoms with Crippen LogP contribution in [0, 0.1) is 6.92 Å². The molecule has 3 aromatic carbocycles. The Bertz CT molecular complexity index is 1440. The molecule has 8 nitrogen and oxygen atoms in total. The predicted molar refractivity (Wildman–Crippen MR) is 137 cm³/mol. The smallest absolute Gasteiger partial charge is 0.262 e. The maximum Gasteiger partial charge on any atom is 0.262 e. The second-order valence-electron chi connectivity index (χ2n) is 8.20. The molecule has 2 amide bonds. The molecule has 0 aliphatic carbocycles. The van der Waals surface area contributed by atoms with Crippen LogP contribution in [0.5, 0.6) is 5.75 Å². The standard InChI is InChI=1S/C27H25N3O5/c1-17-14-19(6-11-23(17)29-27(33)18-4-7-20(8-5-18)30(2)3)28-26(32)16-35-21-9-10-22-24(31)12-13-34-25(22)15-21/h4-15H,16H2,1-3H3,(H,28,32)(H,29,33). The zero-order valence-corrected chi connectivity index (χ0v) is 19.6. The number of fused-ring (bicyclic) bond motifs is 1. The summed E-state index contributed by atoms with van der Waals surface area (Å²) in [6.45, 7) is 1.63. The molecule has 0 saturated carbocycles. The van der Waals surface area contributed by atoms with E-state index < -0.39 is 0 Å². The molecular weight excluding hydrogens is 446 g/mol. The summed E-state index contributed by atoms with van der Waals surface area (Å²) in [5.74, 6) is -0.151. The topological polar surface area (TPSA) is 101 Å². The third-order valence-corrected chi connectivity index (χ3v) is 5.41. The van der Waals surface area contributed by atoms with Gasteiger partial charge in [-0.3, -0.25) is 14.4 Å². The average molecular weight is 472 g/mol.